The fraction of sp³-hybridized carbons (Fsp3) is 0.464. The molecule has 3 aromatic rings. The molecule has 1 spiro atoms. The van der Waals surface area contributed by atoms with Gasteiger partial charge in [-0.1, -0.05) is 17.4 Å². The van der Waals surface area contributed by atoms with Crippen LogP contribution in [0.25, 0.3) is 10.6 Å². The Morgan fingerprint density at radius 3 is 2.54 bits per heavy atom. The zero-order valence-corrected chi connectivity index (χ0v) is 24.2. The van der Waals surface area contributed by atoms with E-state index in [1.807, 2.05) is 19.0 Å². The summed E-state index contributed by atoms with van der Waals surface area (Å²) in [5.74, 6) is -2.25. The predicted molar refractivity (Wildman–Crippen MR) is 149 cm³/mol. The zero-order valence-electron chi connectivity index (χ0n) is 23.4. The third kappa shape index (κ3) is 4.96. The first-order valence-electron chi connectivity index (χ1n) is 13.5. The largest absolute Gasteiger partial charge is 0.502 e. The topological polar surface area (TPSA) is 112 Å². The molecular weight excluding hydrogens is 554 g/mol. The van der Waals surface area contributed by atoms with Crippen LogP contribution in [0.2, 0.25) is 0 Å². The summed E-state index contributed by atoms with van der Waals surface area (Å²) < 4.78 is 29.0. The number of amides is 2. The number of hydrogen-bond donors (Lipinski definition) is 1. The molecule has 1 saturated carbocycles. The van der Waals surface area contributed by atoms with Crippen LogP contribution in [-0.2, 0) is 11.2 Å². The van der Waals surface area contributed by atoms with E-state index in [1.165, 1.54) is 16.9 Å². The van der Waals surface area contributed by atoms with E-state index in [0.717, 1.165) is 36.3 Å². The van der Waals surface area contributed by atoms with Gasteiger partial charge in [0.15, 0.2) is 16.5 Å². The van der Waals surface area contributed by atoms with Crippen molar-refractivity contribution in [1.29, 1.82) is 0 Å². The average molecular weight is 587 g/mol. The van der Waals surface area contributed by atoms with Crippen LogP contribution in [0.5, 0.6) is 5.75 Å². The Bertz CT molecular complexity index is 1560. The molecule has 0 saturated heterocycles. The van der Waals surface area contributed by atoms with Crippen molar-refractivity contribution in [3.05, 3.63) is 62.5 Å². The molecule has 1 aliphatic heterocycles. The van der Waals surface area contributed by atoms with Crippen LogP contribution in [0, 0.1) is 17.6 Å². The predicted octanol–water partition coefficient (Wildman–Crippen LogP) is 3.35. The normalized spacial score (nSPS) is 20.4. The first-order valence-corrected chi connectivity index (χ1v) is 14.3. The zero-order chi connectivity index (χ0) is 29.6. The van der Waals surface area contributed by atoms with E-state index in [1.54, 1.807) is 23.9 Å². The molecule has 2 amide bonds. The molecule has 0 radical (unpaired) electrons. The summed E-state index contributed by atoms with van der Waals surface area (Å²) in [5.41, 5.74) is -1.31. The lowest BCUT2D eigenvalue weighted by Crippen LogP contribution is -2.70. The molecule has 3 heterocycles. The smallest absolute Gasteiger partial charge is 0.278 e. The van der Waals surface area contributed by atoms with E-state index >= 15 is 0 Å². The van der Waals surface area contributed by atoms with E-state index < -0.39 is 34.4 Å². The van der Waals surface area contributed by atoms with Crippen molar-refractivity contribution in [2.45, 2.75) is 51.1 Å². The second kappa shape index (κ2) is 10.8. The van der Waals surface area contributed by atoms with Crippen LogP contribution < -0.4 is 10.4 Å². The second-order valence-corrected chi connectivity index (χ2v) is 11.9. The van der Waals surface area contributed by atoms with Crippen LogP contribution in [0.3, 0.4) is 0 Å². The number of aromatic nitrogens is 3. The van der Waals surface area contributed by atoms with Crippen molar-refractivity contribution in [2.75, 3.05) is 32.7 Å². The Hall–Kier alpha value is -3.87. The summed E-state index contributed by atoms with van der Waals surface area (Å²) in [6.45, 7) is 2.24. The van der Waals surface area contributed by atoms with Gasteiger partial charge in [0.1, 0.15) is 22.3 Å². The maximum atomic E-state index is 14.2. The minimum absolute atomic E-state index is 0.0481. The average Bonchev–Trinajstić information content (AvgIpc) is 3.40. The fourth-order valence-corrected chi connectivity index (χ4v) is 6.81. The number of halogens is 2. The monoisotopic (exact) mass is 586 g/mol. The molecule has 0 unspecified atom stereocenters. The highest BCUT2D eigenvalue weighted by molar-refractivity contribution is 7.14. The van der Waals surface area contributed by atoms with Crippen molar-refractivity contribution in [3.63, 3.8) is 0 Å². The highest BCUT2D eigenvalue weighted by Crippen LogP contribution is 2.43. The van der Waals surface area contributed by atoms with Crippen molar-refractivity contribution in [3.8, 4) is 16.3 Å². The molecule has 0 atom stereocenters. The minimum atomic E-state index is -0.758. The van der Waals surface area contributed by atoms with Gasteiger partial charge in [-0.15, -0.1) is 10.2 Å². The number of pyridine rings is 1. The van der Waals surface area contributed by atoms with Gasteiger partial charge in [0.05, 0.1) is 5.56 Å². The molecule has 0 bridgehead atoms. The molecule has 2 aromatic heterocycles. The molecule has 1 N–H and O–H groups in total. The Kier molecular flexibility index (Phi) is 7.58. The van der Waals surface area contributed by atoms with Crippen molar-refractivity contribution >= 4 is 23.2 Å². The van der Waals surface area contributed by atoms with E-state index in [9.17, 15) is 28.3 Å². The third-order valence-electron chi connectivity index (χ3n) is 8.28. The first-order chi connectivity index (χ1) is 19.5. The van der Waals surface area contributed by atoms with Crippen molar-refractivity contribution < 1.29 is 23.5 Å². The highest BCUT2D eigenvalue weighted by Gasteiger charge is 2.51. The summed E-state index contributed by atoms with van der Waals surface area (Å²) in [4.78, 5) is 42.6. The van der Waals surface area contributed by atoms with Crippen LogP contribution in [0.15, 0.2) is 29.2 Å². The van der Waals surface area contributed by atoms with Gasteiger partial charge in [0.2, 0.25) is 11.3 Å². The quantitative estimate of drug-likeness (QED) is 0.472. The van der Waals surface area contributed by atoms with E-state index in [4.69, 9.17) is 0 Å². The summed E-state index contributed by atoms with van der Waals surface area (Å²) >= 11 is 1.05. The van der Waals surface area contributed by atoms with Gasteiger partial charge >= 0.3 is 0 Å². The number of rotatable bonds is 6. The number of carbonyl (C=O) groups is 2. The van der Waals surface area contributed by atoms with Gasteiger partial charge in [-0.2, -0.15) is 0 Å². The third-order valence-corrected chi connectivity index (χ3v) is 9.24. The SMILES string of the molecule is CCN1C(=O)c2c(O)c(=O)c(-c3nnc(Cc4ccc(F)cc4F)s3)cn2N(C)C12CCC(CC(=O)N(C)C)CC2. The lowest BCUT2D eigenvalue weighted by Gasteiger charge is -2.56. The molecule has 41 heavy (non-hydrogen) atoms. The number of nitrogens with zero attached hydrogens (tertiary/aromatic N) is 6. The van der Waals surface area contributed by atoms with Gasteiger partial charge in [0.25, 0.3) is 5.91 Å². The number of aromatic hydroxyl groups is 1. The Morgan fingerprint density at radius 2 is 1.90 bits per heavy atom. The number of hydrogen-bond acceptors (Lipinski definition) is 8. The van der Waals surface area contributed by atoms with Crippen LogP contribution in [0.4, 0.5) is 8.78 Å². The maximum Gasteiger partial charge on any atom is 0.278 e. The van der Waals surface area contributed by atoms with Crippen LogP contribution >= 0.6 is 11.3 Å². The Labute approximate surface area is 239 Å². The molecule has 1 aliphatic carbocycles. The summed E-state index contributed by atoms with van der Waals surface area (Å²) in [6.07, 6.45) is 4.69. The Balaban J connectivity index is 1.48. The van der Waals surface area contributed by atoms with Crippen LogP contribution in [0.1, 0.15) is 60.1 Å². The molecule has 218 valence electrons. The lowest BCUT2D eigenvalue weighted by atomic mass is 9.78. The minimum Gasteiger partial charge on any atom is -0.502 e. The molecule has 1 fully saturated rings. The summed E-state index contributed by atoms with van der Waals surface area (Å²) in [5, 5.41) is 21.7. The number of benzene rings is 1. The van der Waals surface area contributed by atoms with Gasteiger partial charge < -0.3 is 14.9 Å². The highest BCUT2D eigenvalue weighted by atomic mass is 32.1. The maximum absolute atomic E-state index is 14.2. The molecular formula is C28H32F2N6O4S. The van der Waals surface area contributed by atoms with Crippen LogP contribution in [-0.4, -0.2) is 74.9 Å². The standard InChI is InChI=1S/C28H32F2N6O4S/c1-5-35-27(40)23-25(39)24(38)19(26-32-31-21(41-26)13-17-6-7-18(29)14-20(17)30)15-36(23)34(4)28(35)10-8-16(9-11-28)12-22(37)33(2)3/h6-7,14-16,39H,5,8-13H2,1-4H3. The van der Waals surface area contributed by atoms with Crippen molar-refractivity contribution in [1.82, 2.24) is 24.7 Å². The molecule has 13 heteroatoms. The molecule has 5 rings (SSSR count). The molecule has 10 nitrogen and oxygen atoms in total. The number of fused-ring (bicyclic) bond motifs is 1. The first kappa shape index (κ1) is 28.7. The number of carbonyl (C=O) groups excluding carboxylic acids is 2. The van der Waals surface area contributed by atoms with Gasteiger partial charge in [0, 0.05) is 52.8 Å². The second-order valence-electron chi connectivity index (χ2n) is 10.8. The van der Waals surface area contributed by atoms with Crippen molar-refractivity contribution in [2.24, 2.45) is 5.92 Å². The Morgan fingerprint density at radius 1 is 1.20 bits per heavy atom. The van der Waals surface area contributed by atoms with E-state index in [-0.39, 0.29) is 40.1 Å². The molecule has 1 aromatic carbocycles. The van der Waals surface area contributed by atoms with Gasteiger partial charge in [-0.05, 0) is 50.2 Å². The lowest BCUT2D eigenvalue weighted by molar-refractivity contribution is -0.130. The van der Waals surface area contributed by atoms with Gasteiger partial charge in [-0.3, -0.25) is 24.1 Å². The fourth-order valence-electron chi connectivity index (χ4n) is 5.94. The van der Waals surface area contributed by atoms with E-state index in [0.29, 0.717) is 30.8 Å². The van der Waals surface area contributed by atoms with E-state index in [2.05, 4.69) is 10.2 Å². The summed E-state index contributed by atoms with van der Waals surface area (Å²) in [6, 6.07) is 3.28. The molecule has 2 aliphatic rings. The van der Waals surface area contributed by atoms with Gasteiger partial charge in [-0.25, -0.2) is 8.78 Å². The summed E-state index contributed by atoms with van der Waals surface area (Å²) in [7, 11) is 5.30.